The van der Waals surface area contributed by atoms with Gasteiger partial charge in [0.15, 0.2) is 0 Å². The molecule has 0 aromatic heterocycles. The predicted molar refractivity (Wildman–Crippen MR) is 91.4 cm³/mol. The average Bonchev–Trinajstić information content (AvgIpc) is 2.73. The van der Waals surface area contributed by atoms with Crippen LogP contribution in [0.3, 0.4) is 0 Å². The average molecular weight is 389 g/mol. The number of hydrogen-bond acceptors (Lipinski definition) is 3. The Labute approximate surface area is 140 Å². The second kappa shape index (κ2) is 7.46. The zero-order valence-corrected chi connectivity index (χ0v) is 15.1. The lowest BCUT2D eigenvalue weighted by Crippen LogP contribution is -2.43. The number of para-hydroxylation sites is 1. The Bertz CT molecular complexity index is 625. The number of nitrogens with zero attached hydrogens (tertiary/aromatic N) is 2. The molecular formula is C15H21BrN2O3S. The van der Waals surface area contributed by atoms with Crippen LogP contribution in [0.5, 0.6) is 0 Å². The fourth-order valence-corrected chi connectivity index (χ4v) is 4.06. The lowest BCUT2D eigenvalue weighted by Gasteiger charge is -2.27. The largest absolute Gasteiger partial charge is 0.341 e. The quantitative estimate of drug-likeness (QED) is 0.796. The lowest BCUT2D eigenvalue weighted by atomic mass is 10.2. The minimum Gasteiger partial charge on any atom is -0.341 e. The summed E-state index contributed by atoms with van der Waals surface area (Å²) in [5, 5.41) is 0. The normalized spacial score (nSPS) is 16.2. The highest BCUT2D eigenvalue weighted by Gasteiger charge is 2.25. The summed E-state index contributed by atoms with van der Waals surface area (Å²) >= 11 is 3.36. The van der Waals surface area contributed by atoms with Gasteiger partial charge in [-0.1, -0.05) is 25.0 Å². The summed E-state index contributed by atoms with van der Waals surface area (Å²) in [5.41, 5.74) is 0.494. The van der Waals surface area contributed by atoms with Gasteiger partial charge in [-0.25, -0.2) is 8.42 Å². The van der Waals surface area contributed by atoms with Crippen LogP contribution in [-0.2, 0) is 14.8 Å². The third kappa shape index (κ3) is 4.46. The number of sulfonamides is 1. The van der Waals surface area contributed by atoms with E-state index in [0.29, 0.717) is 23.2 Å². The predicted octanol–water partition coefficient (Wildman–Crippen LogP) is 2.62. The summed E-state index contributed by atoms with van der Waals surface area (Å²) in [7, 11) is -3.53. The van der Waals surface area contributed by atoms with Gasteiger partial charge in [0, 0.05) is 17.6 Å². The van der Waals surface area contributed by atoms with E-state index in [4.69, 9.17) is 0 Å². The fraction of sp³-hybridized carbons (Fsp3) is 0.533. The topological polar surface area (TPSA) is 57.7 Å². The summed E-state index contributed by atoms with van der Waals surface area (Å²) in [4.78, 5) is 14.3. The third-order valence-corrected chi connectivity index (χ3v) is 5.56. The van der Waals surface area contributed by atoms with Crippen molar-refractivity contribution < 1.29 is 13.2 Å². The molecule has 0 N–H and O–H groups in total. The van der Waals surface area contributed by atoms with Crippen LogP contribution in [0.15, 0.2) is 28.7 Å². The molecule has 0 atom stereocenters. The molecule has 7 heteroatoms. The summed E-state index contributed by atoms with van der Waals surface area (Å²) in [6, 6.07) is 7.03. The van der Waals surface area contributed by atoms with E-state index in [1.807, 2.05) is 6.07 Å². The highest BCUT2D eigenvalue weighted by atomic mass is 79.9. The van der Waals surface area contributed by atoms with Crippen LogP contribution in [0.1, 0.15) is 25.7 Å². The number of carbonyl (C=O) groups excluding carboxylic acids is 1. The number of carbonyl (C=O) groups is 1. The standard InChI is InChI=1S/C15H21BrN2O3S/c1-22(20,21)18(14-9-5-4-8-13(14)16)12-15(19)17-10-6-2-3-7-11-17/h4-5,8-9H,2-3,6-7,10-12H2,1H3. The number of benzene rings is 1. The molecule has 0 saturated carbocycles. The Morgan fingerprint density at radius 2 is 1.77 bits per heavy atom. The van der Waals surface area contributed by atoms with Crippen LogP contribution in [0, 0.1) is 0 Å². The summed E-state index contributed by atoms with van der Waals surface area (Å²) in [6.45, 7) is 1.28. The minimum absolute atomic E-state index is 0.136. The van der Waals surface area contributed by atoms with Gasteiger partial charge in [-0.3, -0.25) is 9.10 Å². The van der Waals surface area contributed by atoms with E-state index in [-0.39, 0.29) is 12.5 Å². The molecule has 0 unspecified atom stereocenters. The van der Waals surface area contributed by atoms with Gasteiger partial charge in [0.25, 0.3) is 0 Å². The van der Waals surface area contributed by atoms with E-state index in [0.717, 1.165) is 31.9 Å². The smallest absolute Gasteiger partial charge is 0.243 e. The van der Waals surface area contributed by atoms with E-state index in [1.54, 1.807) is 23.1 Å². The number of amides is 1. The maximum Gasteiger partial charge on any atom is 0.243 e. The van der Waals surface area contributed by atoms with E-state index < -0.39 is 10.0 Å². The molecule has 1 aromatic rings. The maximum atomic E-state index is 12.5. The highest BCUT2D eigenvalue weighted by molar-refractivity contribution is 9.10. The molecule has 1 aliphatic rings. The van der Waals surface area contributed by atoms with Crippen molar-refractivity contribution in [1.29, 1.82) is 0 Å². The Balaban J connectivity index is 2.21. The van der Waals surface area contributed by atoms with Crippen molar-refractivity contribution in [2.45, 2.75) is 25.7 Å². The van der Waals surface area contributed by atoms with Gasteiger partial charge in [0.05, 0.1) is 11.9 Å². The van der Waals surface area contributed by atoms with Crippen molar-refractivity contribution in [2.75, 3.05) is 30.2 Å². The van der Waals surface area contributed by atoms with Crippen LogP contribution in [0.25, 0.3) is 0 Å². The number of rotatable bonds is 4. The van der Waals surface area contributed by atoms with Gasteiger partial charge in [0.2, 0.25) is 15.9 Å². The molecule has 1 saturated heterocycles. The lowest BCUT2D eigenvalue weighted by molar-refractivity contribution is -0.129. The molecule has 1 heterocycles. The van der Waals surface area contributed by atoms with Crippen LogP contribution >= 0.6 is 15.9 Å². The first kappa shape index (κ1) is 17.3. The Morgan fingerprint density at radius 3 is 2.32 bits per heavy atom. The van der Waals surface area contributed by atoms with E-state index in [9.17, 15) is 13.2 Å². The Morgan fingerprint density at radius 1 is 1.18 bits per heavy atom. The summed E-state index contributed by atoms with van der Waals surface area (Å²) < 4.78 is 26.0. The molecule has 0 spiro atoms. The molecule has 1 fully saturated rings. The molecule has 1 amide bonds. The molecule has 0 aliphatic carbocycles. The van der Waals surface area contributed by atoms with Crippen LogP contribution in [-0.4, -0.2) is 45.1 Å². The SMILES string of the molecule is CS(=O)(=O)N(CC(=O)N1CCCCCC1)c1ccccc1Br. The fourth-order valence-electron chi connectivity index (χ4n) is 2.58. The third-order valence-electron chi connectivity index (χ3n) is 3.76. The maximum absolute atomic E-state index is 12.5. The first-order valence-corrected chi connectivity index (χ1v) is 10.0. The van der Waals surface area contributed by atoms with Gasteiger partial charge < -0.3 is 4.90 Å². The summed E-state index contributed by atoms with van der Waals surface area (Å²) in [6.07, 6.45) is 5.36. The van der Waals surface area contributed by atoms with Crippen LogP contribution in [0.2, 0.25) is 0 Å². The van der Waals surface area contributed by atoms with Crippen molar-refractivity contribution in [2.24, 2.45) is 0 Å². The second-order valence-corrected chi connectivity index (χ2v) is 8.28. The molecular weight excluding hydrogens is 368 g/mol. The van der Waals surface area contributed by atoms with Gasteiger partial charge in [-0.15, -0.1) is 0 Å². The molecule has 2 rings (SSSR count). The summed E-state index contributed by atoms with van der Waals surface area (Å²) in [5.74, 6) is -0.136. The van der Waals surface area contributed by atoms with Gasteiger partial charge in [-0.05, 0) is 40.9 Å². The van der Waals surface area contributed by atoms with Crippen molar-refractivity contribution in [3.05, 3.63) is 28.7 Å². The number of anilines is 1. The molecule has 0 bridgehead atoms. The van der Waals surface area contributed by atoms with Gasteiger partial charge in [0.1, 0.15) is 6.54 Å². The Hall–Kier alpha value is -1.08. The second-order valence-electron chi connectivity index (χ2n) is 5.52. The number of halogens is 1. The van der Waals surface area contributed by atoms with Gasteiger partial charge in [-0.2, -0.15) is 0 Å². The number of likely N-dealkylation sites (tertiary alicyclic amines) is 1. The van der Waals surface area contributed by atoms with Gasteiger partial charge >= 0.3 is 0 Å². The van der Waals surface area contributed by atoms with Crippen molar-refractivity contribution in [1.82, 2.24) is 4.90 Å². The molecule has 1 aliphatic heterocycles. The van der Waals surface area contributed by atoms with Crippen molar-refractivity contribution in [3.63, 3.8) is 0 Å². The minimum atomic E-state index is -3.53. The number of hydrogen-bond donors (Lipinski definition) is 0. The first-order valence-electron chi connectivity index (χ1n) is 7.39. The monoisotopic (exact) mass is 388 g/mol. The van der Waals surface area contributed by atoms with Crippen molar-refractivity contribution >= 4 is 37.5 Å². The molecule has 22 heavy (non-hydrogen) atoms. The van der Waals surface area contributed by atoms with Crippen LogP contribution < -0.4 is 4.31 Å². The van der Waals surface area contributed by atoms with Crippen molar-refractivity contribution in [3.8, 4) is 0 Å². The molecule has 5 nitrogen and oxygen atoms in total. The zero-order chi connectivity index (χ0) is 16.2. The Kier molecular flexibility index (Phi) is 5.86. The first-order chi connectivity index (χ1) is 10.4. The molecule has 0 radical (unpaired) electrons. The zero-order valence-electron chi connectivity index (χ0n) is 12.7. The van der Waals surface area contributed by atoms with E-state index in [2.05, 4.69) is 15.9 Å². The molecule has 1 aromatic carbocycles. The van der Waals surface area contributed by atoms with E-state index >= 15 is 0 Å². The van der Waals surface area contributed by atoms with E-state index in [1.165, 1.54) is 4.31 Å². The van der Waals surface area contributed by atoms with Crippen LogP contribution in [0.4, 0.5) is 5.69 Å². The highest BCUT2D eigenvalue weighted by Crippen LogP contribution is 2.27. The molecule has 122 valence electrons.